The number of carbonyl (C=O) groups excluding carboxylic acids is 1. The number of alkyl halides is 1. The number of ether oxygens (including phenoxy) is 2. The first-order chi connectivity index (χ1) is 17.0. The summed E-state index contributed by atoms with van der Waals surface area (Å²) in [5.41, 5.74) is 6.44. The first-order valence-corrected chi connectivity index (χ1v) is 12.6. The van der Waals surface area contributed by atoms with Gasteiger partial charge >= 0.3 is 0 Å². The van der Waals surface area contributed by atoms with Crippen molar-refractivity contribution in [3.8, 4) is 11.5 Å². The van der Waals surface area contributed by atoms with Crippen molar-refractivity contribution in [2.75, 3.05) is 23.1 Å². The number of aryl methyl sites for hydroxylation is 2. The molecule has 0 fully saturated rings. The molecule has 0 amide bonds. The molecule has 176 valence electrons. The molecule has 0 aromatic heterocycles. The Morgan fingerprint density at radius 1 is 0.857 bits per heavy atom. The Hall–Kier alpha value is -3.51. The molecular formula is C29H25BrN2O3. The number of hydrogen-bond acceptors (Lipinski definition) is 5. The van der Waals surface area contributed by atoms with E-state index in [1.807, 2.05) is 48.5 Å². The molecule has 1 atom stereocenters. The highest BCUT2D eigenvalue weighted by Gasteiger charge is 2.36. The molecule has 4 aromatic carbocycles. The number of hydrogen-bond donors (Lipinski definition) is 0. The zero-order valence-corrected chi connectivity index (χ0v) is 21.2. The van der Waals surface area contributed by atoms with Gasteiger partial charge < -0.3 is 19.3 Å². The quantitative estimate of drug-likeness (QED) is 0.166. The van der Waals surface area contributed by atoms with Crippen LogP contribution in [0.1, 0.15) is 27.0 Å². The summed E-state index contributed by atoms with van der Waals surface area (Å²) in [7, 11) is 0. The number of anilines is 2. The highest BCUT2D eigenvalue weighted by atomic mass is 79.9. The Balaban J connectivity index is 1.31. The van der Waals surface area contributed by atoms with Crippen molar-refractivity contribution in [3.05, 3.63) is 95.1 Å². The second-order valence-electron chi connectivity index (χ2n) is 9.16. The molecule has 0 spiro atoms. The molecule has 2 aliphatic rings. The van der Waals surface area contributed by atoms with Gasteiger partial charge in [-0.1, -0.05) is 42.5 Å². The van der Waals surface area contributed by atoms with E-state index in [-0.39, 0.29) is 24.2 Å². The van der Waals surface area contributed by atoms with Gasteiger partial charge in [0.05, 0.1) is 17.9 Å². The van der Waals surface area contributed by atoms with Gasteiger partial charge in [-0.05, 0) is 87.6 Å². The zero-order chi connectivity index (χ0) is 24.1. The maximum atomic E-state index is 13.4. The van der Waals surface area contributed by atoms with Crippen molar-refractivity contribution in [2.45, 2.75) is 25.5 Å². The van der Waals surface area contributed by atoms with E-state index in [9.17, 15) is 4.79 Å². The average Bonchev–Trinajstić information content (AvgIpc) is 3.43. The van der Waals surface area contributed by atoms with Crippen molar-refractivity contribution in [2.24, 2.45) is 0 Å². The number of halogens is 1. The minimum atomic E-state index is -0.159. The Morgan fingerprint density at radius 2 is 1.57 bits per heavy atom. The van der Waals surface area contributed by atoms with Gasteiger partial charge in [-0.3, -0.25) is 4.79 Å². The fourth-order valence-electron chi connectivity index (χ4n) is 4.81. The molecule has 0 radical (unpaired) electrons. The topological polar surface area (TPSA) is 42.0 Å². The first-order valence-electron chi connectivity index (χ1n) is 11.7. The summed E-state index contributed by atoms with van der Waals surface area (Å²) in [6.45, 7) is 5.45. The van der Waals surface area contributed by atoms with Crippen LogP contribution in [0.4, 0.5) is 11.4 Å². The number of rotatable bonds is 5. The number of nitrogens with zero attached hydrogens (tertiary/aromatic N) is 2. The molecule has 2 heterocycles. The number of benzene rings is 4. The number of fused-ring (bicyclic) bond motifs is 3. The van der Waals surface area contributed by atoms with Crippen LogP contribution in [0.5, 0.6) is 11.5 Å². The van der Waals surface area contributed by atoms with E-state index in [1.165, 1.54) is 11.1 Å². The lowest BCUT2D eigenvalue weighted by atomic mass is 10.0. The highest BCUT2D eigenvalue weighted by Crippen LogP contribution is 2.44. The molecule has 6 rings (SSSR count). The molecule has 2 aliphatic heterocycles. The number of carbonyl (C=O) groups is 1. The van der Waals surface area contributed by atoms with E-state index in [4.69, 9.17) is 9.47 Å². The van der Waals surface area contributed by atoms with Crippen LogP contribution < -0.4 is 19.3 Å². The largest absolute Gasteiger partial charge is 0.454 e. The maximum Gasteiger partial charge on any atom is 0.231 e. The smallest absolute Gasteiger partial charge is 0.231 e. The van der Waals surface area contributed by atoms with Gasteiger partial charge in [-0.2, -0.15) is 0 Å². The summed E-state index contributed by atoms with van der Waals surface area (Å²) in [5, 5.41) is 2.05. The summed E-state index contributed by atoms with van der Waals surface area (Å²) in [6, 6.07) is 24.5. The van der Waals surface area contributed by atoms with Crippen molar-refractivity contribution in [1.82, 2.24) is 0 Å². The van der Waals surface area contributed by atoms with Crippen LogP contribution >= 0.6 is 15.9 Å². The summed E-state index contributed by atoms with van der Waals surface area (Å²) < 4.78 is 11.0. The van der Waals surface area contributed by atoms with Gasteiger partial charge in [0.1, 0.15) is 0 Å². The van der Waals surface area contributed by atoms with E-state index >= 15 is 0 Å². The standard InChI is InChI=1S/C29H25BrN2O3/c1-18-11-24-25(12-19(18)2)32(16-26(33)23-9-8-21-5-3-4-6-22(21)14-23)29(30)31(24)15-20-7-10-27-28(13-20)35-17-34-27/h3-14,29H,15-17H2,1-2H3. The van der Waals surface area contributed by atoms with E-state index in [0.29, 0.717) is 6.54 Å². The molecule has 6 heteroatoms. The van der Waals surface area contributed by atoms with Crippen molar-refractivity contribution >= 4 is 43.9 Å². The van der Waals surface area contributed by atoms with E-state index in [1.54, 1.807) is 0 Å². The molecule has 0 bridgehead atoms. The zero-order valence-electron chi connectivity index (χ0n) is 19.6. The van der Waals surface area contributed by atoms with Crippen molar-refractivity contribution in [3.63, 3.8) is 0 Å². The molecule has 0 saturated carbocycles. The Labute approximate surface area is 213 Å². The van der Waals surface area contributed by atoms with Gasteiger partial charge in [0, 0.05) is 12.1 Å². The lowest BCUT2D eigenvalue weighted by Crippen LogP contribution is -2.41. The van der Waals surface area contributed by atoms with Crippen LogP contribution in [0.15, 0.2) is 72.8 Å². The lowest BCUT2D eigenvalue weighted by molar-refractivity contribution is 0.0999. The number of ketones is 1. The van der Waals surface area contributed by atoms with E-state index < -0.39 is 0 Å². The predicted molar refractivity (Wildman–Crippen MR) is 143 cm³/mol. The average molecular weight is 529 g/mol. The lowest BCUT2D eigenvalue weighted by Gasteiger charge is -2.28. The number of Topliss-reactive ketones (excluding diaryl/α,β-unsaturated/α-hetero) is 1. The molecule has 0 N–H and O–H groups in total. The van der Waals surface area contributed by atoms with Gasteiger partial charge in [-0.15, -0.1) is 0 Å². The summed E-state index contributed by atoms with van der Waals surface area (Å²) in [6.07, 6.45) is 0. The predicted octanol–water partition coefficient (Wildman–Crippen LogP) is 6.57. The van der Waals surface area contributed by atoms with Crippen LogP contribution in [0, 0.1) is 13.8 Å². The SMILES string of the molecule is Cc1cc2c(cc1C)N(Cc1ccc3c(c1)OCO3)C(Br)N2CC(=O)c1ccc2ccccc2c1. The van der Waals surface area contributed by atoms with Gasteiger partial charge in [0.25, 0.3) is 0 Å². The normalized spacial score (nSPS) is 16.1. The first kappa shape index (κ1) is 22.0. The van der Waals surface area contributed by atoms with Gasteiger partial charge in [0.15, 0.2) is 22.4 Å². The minimum absolute atomic E-state index is 0.0920. The molecule has 1 unspecified atom stereocenters. The van der Waals surface area contributed by atoms with Crippen LogP contribution in [-0.4, -0.2) is 24.2 Å². The highest BCUT2D eigenvalue weighted by molar-refractivity contribution is 9.09. The van der Waals surface area contributed by atoms with Gasteiger partial charge in [0.2, 0.25) is 6.79 Å². The van der Waals surface area contributed by atoms with Crippen LogP contribution in [-0.2, 0) is 6.54 Å². The monoisotopic (exact) mass is 528 g/mol. The molecule has 0 aliphatic carbocycles. The summed E-state index contributed by atoms with van der Waals surface area (Å²) in [4.78, 5) is 17.9. The minimum Gasteiger partial charge on any atom is -0.454 e. The maximum absolute atomic E-state index is 13.4. The van der Waals surface area contributed by atoms with Gasteiger partial charge in [-0.25, -0.2) is 0 Å². The Bertz CT molecular complexity index is 1470. The van der Waals surface area contributed by atoms with Crippen molar-refractivity contribution < 1.29 is 14.3 Å². The third kappa shape index (κ3) is 3.92. The summed E-state index contributed by atoms with van der Waals surface area (Å²) in [5.74, 6) is 1.64. The second kappa shape index (κ2) is 8.61. The molecule has 4 aromatic rings. The third-order valence-corrected chi connectivity index (χ3v) is 7.89. The summed E-state index contributed by atoms with van der Waals surface area (Å²) >= 11 is 3.91. The van der Waals surface area contributed by atoms with E-state index in [0.717, 1.165) is 44.8 Å². The van der Waals surface area contributed by atoms with E-state index in [2.05, 4.69) is 63.8 Å². The third-order valence-electron chi connectivity index (χ3n) is 6.90. The second-order valence-corrected chi connectivity index (χ2v) is 9.98. The fraction of sp³-hybridized carbons (Fsp3) is 0.207. The van der Waals surface area contributed by atoms with Crippen LogP contribution in [0.3, 0.4) is 0 Å². The van der Waals surface area contributed by atoms with Crippen LogP contribution in [0.2, 0.25) is 0 Å². The Kier molecular flexibility index (Phi) is 5.41. The van der Waals surface area contributed by atoms with Crippen LogP contribution in [0.25, 0.3) is 10.8 Å². The molecular weight excluding hydrogens is 504 g/mol. The Morgan fingerprint density at radius 3 is 2.37 bits per heavy atom. The van der Waals surface area contributed by atoms with Crippen molar-refractivity contribution in [1.29, 1.82) is 0 Å². The molecule has 35 heavy (non-hydrogen) atoms. The molecule has 5 nitrogen and oxygen atoms in total. The molecule has 0 saturated heterocycles. The fourth-order valence-corrected chi connectivity index (χ4v) is 5.54.